The Bertz CT molecular complexity index is 437. The first kappa shape index (κ1) is 9.53. The van der Waals surface area contributed by atoms with Gasteiger partial charge in [-0.1, -0.05) is 32.0 Å². The SMILES string of the molecule is CC(C)Sc1cnc2ccccc2c1. The van der Waals surface area contributed by atoms with Crippen LogP contribution in [0.5, 0.6) is 0 Å². The predicted molar refractivity (Wildman–Crippen MR) is 62.7 cm³/mol. The third kappa shape index (κ3) is 2.07. The van der Waals surface area contributed by atoms with Gasteiger partial charge in [-0.15, -0.1) is 11.8 Å². The quantitative estimate of drug-likeness (QED) is 0.690. The molecule has 1 nitrogen and oxygen atoms in total. The van der Waals surface area contributed by atoms with Gasteiger partial charge in [-0.2, -0.15) is 0 Å². The van der Waals surface area contributed by atoms with Crippen LogP contribution in [-0.4, -0.2) is 10.2 Å². The van der Waals surface area contributed by atoms with E-state index in [1.54, 1.807) is 0 Å². The first-order valence-corrected chi connectivity index (χ1v) is 5.65. The molecule has 0 atom stereocenters. The van der Waals surface area contributed by atoms with Crippen LogP contribution in [0.3, 0.4) is 0 Å². The van der Waals surface area contributed by atoms with Gasteiger partial charge in [-0.05, 0) is 12.1 Å². The zero-order chi connectivity index (χ0) is 9.97. The van der Waals surface area contributed by atoms with Crippen molar-refractivity contribution in [2.45, 2.75) is 24.0 Å². The smallest absolute Gasteiger partial charge is 0.0702 e. The number of fused-ring (bicyclic) bond motifs is 1. The van der Waals surface area contributed by atoms with Gasteiger partial charge in [0.1, 0.15) is 0 Å². The summed E-state index contributed by atoms with van der Waals surface area (Å²) in [6.07, 6.45) is 1.95. The fraction of sp³-hybridized carbons (Fsp3) is 0.250. The minimum Gasteiger partial charge on any atom is -0.255 e. The normalized spacial score (nSPS) is 11.1. The maximum Gasteiger partial charge on any atom is 0.0702 e. The lowest BCUT2D eigenvalue weighted by Crippen LogP contribution is -1.87. The molecule has 2 heteroatoms. The van der Waals surface area contributed by atoms with Gasteiger partial charge in [-0.25, -0.2) is 0 Å². The molecule has 0 radical (unpaired) electrons. The van der Waals surface area contributed by atoms with Gasteiger partial charge in [0.2, 0.25) is 0 Å². The Balaban J connectivity index is 2.41. The summed E-state index contributed by atoms with van der Waals surface area (Å²) in [4.78, 5) is 5.66. The molecule has 0 unspecified atom stereocenters. The number of pyridine rings is 1. The average molecular weight is 203 g/mol. The summed E-state index contributed by atoms with van der Waals surface area (Å²) in [7, 11) is 0. The molecular weight excluding hydrogens is 190 g/mol. The Morgan fingerprint density at radius 2 is 2.00 bits per heavy atom. The maximum atomic E-state index is 4.41. The van der Waals surface area contributed by atoms with Crippen molar-refractivity contribution < 1.29 is 0 Å². The summed E-state index contributed by atoms with van der Waals surface area (Å²) in [5.74, 6) is 0. The molecule has 1 heterocycles. The summed E-state index contributed by atoms with van der Waals surface area (Å²) >= 11 is 1.85. The fourth-order valence-corrected chi connectivity index (χ4v) is 2.24. The van der Waals surface area contributed by atoms with Crippen LogP contribution in [0.2, 0.25) is 0 Å². The van der Waals surface area contributed by atoms with Crippen LogP contribution in [-0.2, 0) is 0 Å². The Hall–Kier alpha value is -1.02. The highest BCUT2D eigenvalue weighted by molar-refractivity contribution is 7.99. The van der Waals surface area contributed by atoms with Gasteiger partial charge in [0.05, 0.1) is 5.52 Å². The summed E-state index contributed by atoms with van der Waals surface area (Å²) in [5.41, 5.74) is 1.07. The first-order valence-electron chi connectivity index (χ1n) is 4.77. The second kappa shape index (κ2) is 4.01. The van der Waals surface area contributed by atoms with Crippen molar-refractivity contribution in [3.8, 4) is 0 Å². The Morgan fingerprint density at radius 1 is 1.21 bits per heavy atom. The molecule has 0 saturated carbocycles. The van der Waals surface area contributed by atoms with Crippen LogP contribution < -0.4 is 0 Å². The minimum atomic E-state index is 0.609. The summed E-state index contributed by atoms with van der Waals surface area (Å²) in [6.45, 7) is 4.39. The molecule has 2 aromatic rings. The molecule has 0 fully saturated rings. The lowest BCUT2D eigenvalue weighted by molar-refractivity contribution is 1.11. The van der Waals surface area contributed by atoms with E-state index in [0.717, 1.165) is 5.52 Å². The van der Waals surface area contributed by atoms with Gasteiger partial charge in [0.15, 0.2) is 0 Å². The van der Waals surface area contributed by atoms with Gasteiger partial charge >= 0.3 is 0 Å². The third-order valence-electron chi connectivity index (χ3n) is 1.94. The van der Waals surface area contributed by atoms with Gasteiger partial charge in [-0.3, -0.25) is 4.98 Å². The molecule has 0 amide bonds. The zero-order valence-electron chi connectivity index (χ0n) is 8.40. The van der Waals surface area contributed by atoms with E-state index in [-0.39, 0.29) is 0 Å². The summed E-state index contributed by atoms with van der Waals surface area (Å²) in [5, 5.41) is 1.83. The first-order chi connectivity index (χ1) is 6.75. The molecule has 0 N–H and O–H groups in total. The second-order valence-corrected chi connectivity index (χ2v) is 5.18. The molecule has 1 aromatic heterocycles. The van der Waals surface area contributed by atoms with Gasteiger partial charge in [0, 0.05) is 21.7 Å². The van der Waals surface area contributed by atoms with Crippen molar-refractivity contribution in [3.05, 3.63) is 36.5 Å². The number of aromatic nitrogens is 1. The number of benzene rings is 1. The molecule has 0 aliphatic heterocycles. The fourth-order valence-electron chi connectivity index (χ4n) is 1.39. The van der Waals surface area contributed by atoms with E-state index < -0.39 is 0 Å². The molecular formula is C12H13NS. The topological polar surface area (TPSA) is 12.9 Å². The van der Waals surface area contributed by atoms with Crippen LogP contribution in [0.1, 0.15) is 13.8 Å². The predicted octanol–water partition coefficient (Wildman–Crippen LogP) is 3.74. The summed E-state index contributed by atoms with van der Waals surface area (Å²) in [6, 6.07) is 10.4. The van der Waals surface area contributed by atoms with E-state index in [0.29, 0.717) is 5.25 Å². The molecule has 0 spiro atoms. The highest BCUT2D eigenvalue weighted by Crippen LogP contribution is 2.24. The van der Waals surface area contributed by atoms with Gasteiger partial charge < -0.3 is 0 Å². The molecule has 14 heavy (non-hydrogen) atoms. The molecule has 0 aliphatic rings. The number of thioether (sulfide) groups is 1. The van der Waals surface area contributed by atoms with Crippen molar-refractivity contribution in [2.75, 3.05) is 0 Å². The van der Waals surface area contributed by atoms with Crippen molar-refractivity contribution in [1.29, 1.82) is 0 Å². The molecule has 72 valence electrons. The van der Waals surface area contributed by atoms with Crippen molar-refractivity contribution in [1.82, 2.24) is 4.98 Å². The van der Waals surface area contributed by atoms with Crippen LogP contribution in [0.25, 0.3) is 10.9 Å². The van der Waals surface area contributed by atoms with Crippen LogP contribution in [0.15, 0.2) is 41.4 Å². The van der Waals surface area contributed by atoms with Crippen molar-refractivity contribution >= 4 is 22.7 Å². The number of hydrogen-bond donors (Lipinski definition) is 0. The number of para-hydroxylation sites is 1. The maximum absolute atomic E-state index is 4.41. The highest BCUT2D eigenvalue weighted by Gasteiger charge is 2.00. The Kier molecular flexibility index (Phi) is 2.73. The highest BCUT2D eigenvalue weighted by atomic mass is 32.2. The number of hydrogen-bond acceptors (Lipinski definition) is 2. The third-order valence-corrected chi connectivity index (χ3v) is 2.90. The van der Waals surface area contributed by atoms with Crippen molar-refractivity contribution in [2.24, 2.45) is 0 Å². The van der Waals surface area contributed by atoms with E-state index in [1.165, 1.54) is 10.3 Å². The zero-order valence-corrected chi connectivity index (χ0v) is 9.21. The molecule has 1 aromatic carbocycles. The van der Waals surface area contributed by atoms with Gasteiger partial charge in [0.25, 0.3) is 0 Å². The largest absolute Gasteiger partial charge is 0.255 e. The lowest BCUT2D eigenvalue weighted by atomic mass is 10.2. The van der Waals surface area contributed by atoms with E-state index >= 15 is 0 Å². The Morgan fingerprint density at radius 3 is 2.79 bits per heavy atom. The van der Waals surface area contributed by atoms with Crippen LogP contribution in [0.4, 0.5) is 0 Å². The van der Waals surface area contributed by atoms with Crippen molar-refractivity contribution in [3.63, 3.8) is 0 Å². The van der Waals surface area contributed by atoms with E-state index in [9.17, 15) is 0 Å². The van der Waals surface area contributed by atoms with E-state index in [2.05, 4.69) is 31.0 Å². The monoisotopic (exact) mass is 203 g/mol. The molecule has 0 aliphatic carbocycles. The van der Waals surface area contributed by atoms with Crippen LogP contribution in [0, 0.1) is 0 Å². The minimum absolute atomic E-state index is 0.609. The standard InChI is InChI=1S/C12H13NS/c1-9(2)14-11-7-10-5-3-4-6-12(10)13-8-11/h3-9H,1-2H3. The van der Waals surface area contributed by atoms with E-state index in [4.69, 9.17) is 0 Å². The van der Waals surface area contributed by atoms with Crippen LogP contribution >= 0.6 is 11.8 Å². The summed E-state index contributed by atoms with van der Waals surface area (Å²) < 4.78 is 0. The number of rotatable bonds is 2. The molecule has 2 rings (SSSR count). The second-order valence-electron chi connectivity index (χ2n) is 3.53. The molecule has 0 saturated heterocycles. The molecule has 0 bridgehead atoms. The number of nitrogens with zero attached hydrogens (tertiary/aromatic N) is 1. The average Bonchev–Trinajstić information content (AvgIpc) is 2.17. The lowest BCUT2D eigenvalue weighted by Gasteiger charge is -2.05. The Labute approximate surface area is 88.6 Å². The van der Waals surface area contributed by atoms with E-state index in [1.807, 2.05) is 36.2 Å².